The van der Waals surface area contributed by atoms with Crippen molar-refractivity contribution in [1.29, 1.82) is 0 Å². The van der Waals surface area contributed by atoms with E-state index in [9.17, 15) is 38.4 Å². The Labute approximate surface area is 453 Å². The Morgan fingerprint density at radius 3 is 1.51 bits per heavy atom. The predicted molar refractivity (Wildman–Crippen MR) is 267 cm³/mol. The molecule has 390 valence electrons. The molecule has 1 saturated heterocycles. The topological polar surface area (TPSA) is 277 Å². The van der Waals surface area contributed by atoms with Gasteiger partial charge in [0.2, 0.25) is 11.9 Å². The van der Waals surface area contributed by atoms with E-state index in [2.05, 4.69) is 15.1 Å². The molecular formula is C51H44Cl3N4O15Pd-. The fourth-order valence-corrected chi connectivity index (χ4v) is 6.21. The average Bonchev–Trinajstić information content (AvgIpc) is 3.67. The number of hydrogen-bond donors (Lipinski definition) is 4. The summed E-state index contributed by atoms with van der Waals surface area (Å²) < 4.78 is 20.1. The van der Waals surface area contributed by atoms with Gasteiger partial charge in [0.1, 0.15) is 30.5 Å². The monoisotopic (exact) mass is 1160 g/mol. The molecule has 0 spiro atoms. The second kappa shape index (κ2) is 31.4. The largest absolute Gasteiger partial charge is 0.539 e. The molecule has 6 aromatic rings. The molecule has 0 saturated carbocycles. The van der Waals surface area contributed by atoms with E-state index in [4.69, 9.17) is 58.1 Å². The van der Waals surface area contributed by atoms with Crippen LogP contribution >= 0.6 is 35.6 Å². The second-order valence-corrected chi connectivity index (χ2v) is 15.2. The third-order valence-corrected chi connectivity index (χ3v) is 9.88. The number of carboxylic acids is 1. The number of carboxylic acid groups (broad SMARTS) is 1. The van der Waals surface area contributed by atoms with Crippen molar-refractivity contribution in [3.8, 4) is 17.2 Å². The maximum absolute atomic E-state index is 12.0. The summed E-state index contributed by atoms with van der Waals surface area (Å²) in [4.78, 5) is 100. The Morgan fingerprint density at radius 2 is 1.05 bits per heavy atom. The molecule has 0 atom stereocenters. The number of amides is 4. The van der Waals surface area contributed by atoms with Crippen LogP contribution in [0.3, 0.4) is 0 Å². The molecule has 0 radical (unpaired) electrons. The van der Waals surface area contributed by atoms with Crippen LogP contribution in [-0.2, 0) is 68.8 Å². The first kappa shape index (κ1) is 62.0. The molecule has 1 fully saturated rings. The van der Waals surface area contributed by atoms with Gasteiger partial charge in [-0.1, -0.05) is 95.0 Å². The number of ether oxygens (including phenoxy) is 4. The molecular weight excluding hydrogens is 1120 g/mol. The summed E-state index contributed by atoms with van der Waals surface area (Å²) in [6, 6.07) is 40.2. The van der Waals surface area contributed by atoms with Crippen molar-refractivity contribution in [2.75, 3.05) is 0 Å². The summed E-state index contributed by atoms with van der Waals surface area (Å²) in [6.07, 6.45) is -2.50. The summed E-state index contributed by atoms with van der Waals surface area (Å²) in [7, 11) is 0. The summed E-state index contributed by atoms with van der Waals surface area (Å²) in [5.41, 5.74) is 8.45. The molecule has 6 aromatic carbocycles. The van der Waals surface area contributed by atoms with Crippen LogP contribution in [0, 0.1) is 7.43 Å². The van der Waals surface area contributed by atoms with E-state index in [-0.39, 0.29) is 101 Å². The Kier molecular flexibility index (Phi) is 26.3. The minimum Gasteiger partial charge on any atom is -0.508 e. The smallest absolute Gasteiger partial charge is 0.508 e. The number of imide groups is 1. The number of hydroxylamine groups is 2. The van der Waals surface area contributed by atoms with Crippen molar-refractivity contribution < 1.29 is 92.8 Å². The first-order valence-electron chi connectivity index (χ1n) is 20.7. The number of nitrogens with two attached hydrogens (primary N) is 1. The fourth-order valence-electron chi connectivity index (χ4n) is 5.68. The zero-order valence-electron chi connectivity index (χ0n) is 38.6. The van der Waals surface area contributed by atoms with Gasteiger partial charge in [-0.2, -0.15) is 0 Å². The average molecular weight is 1170 g/mol. The van der Waals surface area contributed by atoms with Gasteiger partial charge < -0.3 is 42.3 Å². The molecule has 0 unspecified atom stereocenters. The number of esters is 2. The van der Waals surface area contributed by atoms with Crippen LogP contribution in [0.5, 0.6) is 17.2 Å². The van der Waals surface area contributed by atoms with Crippen molar-refractivity contribution in [2.45, 2.75) is 32.5 Å². The van der Waals surface area contributed by atoms with E-state index in [1.54, 1.807) is 18.2 Å². The number of hydrogen-bond acceptors (Lipinski definition) is 14. The van der Waals surface area contributed by atoms with E-state index in [0.717, 1.165) is 11.1 Å². The normalized spacial score (nSPS) is 11.2. The summed E-state index contributed by atoms with van der Waals surface area (Å²) in [6.45, 7) is 0.392. The number of aromatic carboxylic acids is 1. The van der Waals surface area contributed by atoms with Gasteiger partial charge in [0.05, 0.1) is 23.1 Å². The Bertz CT molecular complexity index is 2860. The van der Waals surface area contributed by atoms with E-state index in [1.165, 1.54) is 72.8 Å². The van der Waals surface area contributed by atoms with Gasteiger partial charge in [0.15, 0.2) is 0 Å². The molecule has 23 heteroatoms. The van der Waals surface area contributed by atoms with Crippen LogP contribution in [-0.4, -0.2) is 69.1 Å². The van der Waals surface area contributed by atoms with E-state index < -0.39 is 53.8 Å². The third-order valence-electron chi connectivity index (χ3n) is 9.18. The van der Waals surface area contributed by atoms with E-state index in [0.29, 0.717) is 26.2 Å². The number of aromatic hydroxyl groups is 1. The van der Waals surface area contributed by atoms with Crippen LogP contribution in [0.4, 0.5) is 9.59 Å². The predicted octanol–water partition coefficient (Wildman–Crippen LogP) is 9.11. The third kappa shape index (κ3) is 20.5. The summed E-state index contributed by atoms with van der Waals surface area (Å²) in [5, 5.41) is 21.1. The van der Waals surface area contributed by atoms with Crippen molar-refractivity contribution in [2.24, 2.45) is 10.7 Å². The van der Waals surface area contributed by atoms with Gasteiger partial charge in [-0.15, -0.1) is 17.4 Å². The minimum atomic E-state index is -1.22. The molecule has 1 aliphatic rings. The molecule has 0 aromatic heterocycles. The maximum Gasteiger partial charge on any atom is 0.539 e. The fraction of sp³-hybridized carbons (Fsp3) is 0.0980. The van der Waals surface area contributed by atoms with Gasteiger partial charge in [0.25, 0.3) is 11.8 Å². The van der Waals surface area contributed by atoms with Crippen LogP contribution in [0.25, 0.3) is 0 Å². The van der Waals surface area contributed by atoms with Crippen molar-refractivity contribution in [3.05, 3.63) is 203 Å². The number of phenols is 1. The minimum absolute atomic E-state index is 0. The molecule has 19 nitrogen and oxygen atoms in total. The molecule has 5 N–H and O–H groups in total. The van der Waals surface area contributed by atoms with Gasteiger partial charge in [0, 0.05) is 43.3 Å². The molecule has 74 heavy (non-hydrogen) atoms. The van der Waals surface area contributed by atoms with Crippen LogP contribution in [0.15, 0.2) is 157 Å². The number of phenolic OH excluding ortho intramolecular Hbond substituents is 1. The van der Waals surface area contributed by atoms with E-state index in [1.807, 2.05) is 60.7 Å². The summed E-state index contributed by atoms with van der Waals surface area (Å²) in [5.74, 6) is -4.02. The number of halogens is 3. The Hall–Kier alpha value is -8.12. The Morgan fingerprint density at radius 1 is 0.622 bits per heavy atom. The van der Waals surface area contributed by atoms with Crippen molar-refractivity contribution in [1.82, 2.24) is 10.4 Å². The van der Waals surface area contributed by atoms with Crippen molar-refractivity contribution >= 4 is 89.4 Å². The molecule has 0 bridgehead atoms. The zero-order chi connectivity index (χ0) is 51.3. The number of nitrogens with zero attached hydrogens (tertiary/aromatic N) is 2. The SMILES string of the molecule is Cl.NC(=NC(=O)Oc1ccc(C(=O)O)cc1)NC(=O)Cc1c(Cl)cccc1Cl.O=C(OCc1ccccc1)c1ccc(O)cc1.O=C(Oc1ccc(C(=O)OCc2ccccc2)cc1)ON1C(=O)CCC1=O.[CH3-].[Pd]. The van der Waals surface area contributed by atoms with Crippen molar-refractivity contribution in [3.63, 3.8) is 0 Å². The molecule has 4 amide bonds. The maximum atomic E-state index is 12.0. The standard InChI is InChI=1S/C19H15NO7.C17H13Cl2N3O5.C14H12O3.CH3.ClH.Pd/c21-16-10-11-17(22)20(16)27-19(24)26-15-8-6-14(7-9-15)18(23)25-12-13-4-2-1-3-5-13;18-12-2-1-3-13(19)11(12)8-14(23)21-16(20)22-17(26)27-10-6-4-9(5-7-10)15(24)25;15-13-8-6-12(7-9-13)14(16)17-10-11-4-2-1-3-5-11;;;/h1-9H,10-12H2;1-7H,8H2,(H,24,25)(H3,20,21,22,23,26);1-9,15H,10H2;1H3;1H;/q;;;-1;;. The molecule has 0 aliphatic carbocycles. The number of carbonyl (C=O) groups is 8. The molecule has 1 heterocycles. The first-order chi connectivity index (χ1) is 34.0. The number of guanidine groups is 1. The van der Waals surface area contributed by atoms with Gasteiger partial charge in [-0.05, 0) is 102 Å². The molecule has 1 aliphatic heterocycles. The van der Waals surface area contributed by atoms with Gasteiger partial charge >= 0.3 is 30.2 Å². The number of nitrogens with one attached hydrogen (secondary N) is 1. The Balaban J connectivity index is 0.000000382. The number of carbonyl (C=O) groups excluding carboxylic acids is 7. The number of aliphatic imine (C=N–C) groups is 1. The van der Waals surface area contributed by atoms with Crippen LogP contribution < -0.4 is 20.5 Å². The number of rotatable bonds is 12. The zero-order valence-corrected chi connectivity index (χ0v) is 42.5. The van der Waals surface area contributed by atoms with Gasteiger partial charge in [-0.3, -0.25) is 24.5 Å². The summed E-state index contributed by atoms with van der Waals surface area (Å²) >= 11 is 12.0. The van der Waals surface area contributed by atoms with Gasteiger partial charge in [-0.25, -0.2) is 24.0 Å². The first-order valence-corrected chi connectivity index (χ1v) is 21.5. The second-order valence-electron chi connectivity index (χ2n) is 14.3. The molecule has 7 rings (SSSR count). The van der Waals surface area contributed by atoms with Crippen LogP contribution in [0.2, 0.25) is 10.0 Å². The van der Waals surface area contributed by atoms with Crippen LogP contribution in [0.1, 0.15) is 60.6 Å². The van der Waals surface area contributed by atoms with E-state index >= 15 is 0 Å². The quantitative estimate of drug-likeness (QED) is 0.0169. The number of benzene rings is 6.